The fourth-order valence-corrected chi connectivity index (χ4v) is 2.81. The van der Waals surface area contributed by atoms with Crippen LogP contribution >= 0.6 is 11.6 Å². The third kappa shape index (κ3) is 3.48. The fourth-order valence-electron chi connectivity index (χ4n) is 2.58. The number of hydrogen-bond acceptors (Lipinski definition) is 6. The Hall–Kier alpha value is -3.06. The van der Waals surface area contributed by atoms with E-state index in [1.54, 1.807) is 12.3 Å². The van der Waals surface area contributed by atoms with Gasteiger partial charge in [0.25, 0.3) is 0 Å². The molecule has 1 aliphatic heterocycles. The highest BCUT2D eigenvalue weighted by Crippen LogP contribution is 2.33. The second-order valence-electron chi connectivity index (χ2n) is 5.81. The van der Waals surface area contributed by atoms with E-state index in [2.05, 4.69) is 25.9 Å². The molecule has 2 aromatic carbocycles. The normalized spacial score (nSPS) is 12.1. The maximum Gasteiger partial charge on any atom is 0.229 e. The number of anilines is 5. The molecule has 0 fully saturated rings. The van der Waals surface area contributed by atoms with Gasteiger partial charge in [0.05, 0.1) is 5.69 Å². The maximum absolute atomic E-state index is 13.5. The molecular weight excluding hydrogens is 357 g/mol. The van der Waals surface area contributed by atoms with Crippen molar-refractivity contribution in [3.8, 4) is 5.75 Å². The van der Waals surface area contributed by atoms with Crippen LogP contribution in [0.15, 0.2) is 42.6 Å². The summed E-state index contributed by atoms with van der Waals surface area (Å²) in [4.78, 5) is 8.70. The van der Waals surface area contributed by atoms with Gasteiger partial charge < -0.3 is 20.7 Å². The van der Waals surface area contributed by atoms with Crippen LogP contribution in [0.3, 0.4) is 0 Å². The molecule has 0 aliphatic carbocycles. The van der Waals surface area contributed by atoms with Gasteiger partial charge in [0.1, 0.15) is 17.4 Å². The summed E-state index contributed by atoms with van der Waals surface area (Å²) in [5.74, 6) is 1.37. The van der Waals surface area contributed by atoms with Crippen molar-refractivity contribution in [1.29, 1.82) is 0 Å². The standard InChI is InChI=1S/C18H15ClFN5O/c1-10-8-21-18(24-14-5-11(19)4-12(20)6-14)25-17(10)23-13-2-3-16-15(7-13)22-9-26-16/h2-8,22H,9H2,1H3,(H2,21,23,24,25). The number of nitrogens with zero attached hydrogens (tertiary/aromatic N) is 2. The molecule has 0 saturated heterocycles. The van der Waals surface area contributed by atoms with Gasteiger partial charge in [0.2, 0.25) is 5.95 Å². The lowest BCUT2D eigenvalue weighted by Gasteiger charge is -2.12. The molecule has 1 aliphatic rings. The second kappa shape index (κ2) is 6.68. The van der Waals surface area contributed by atoms with Gasteiger partial charge in [-0.05, 0) is 43.3 Å². The highest BCUT2D eigenvalue weighted by molar-refractivity contribution is 6.30. The van der Waals surface area contributed by atoms with E-state index < -0.39 is 5.82 Å². The van der Waals surface area contributed by atoms with E-state index in [4.69, 9.17) is 16.3 Å². The molecule has 0 unspecified atom stereocenters. The maximum atomic E-state index is 13.5. The molecule has 4 rings (SSSR count). The van der Waals surface area contributed by atoms with Crippen LogP contribution in [0.2, 0.25) is 5.02 Å². The Bertz CT molecular complexity index is 962. The molecule has 0 radical (unpaired) electrons. The van der Waals surface area contributed by atoms with E-state index in [0.29, 0.717) is 29.2 Å². The summed E-state index contributed by atoms with van der Waals surface area (Å²) in [6, 6.07) is 9.92. The number of halogens is 2. The lowest BCUT2D eigenvalue weighted by atomic mass is 10.2. The first-order chi connectivity index (χ1) is 12.6. The van der Waals surface area contributed by atoms with Crippen molar-refractivity contribution in [2.24, 2.45) is 0 Å². The summed E-state index contributed by atoms with van der Waals surface area (Å²) >= 11 is 5.88. The molecule has 0 bridgehead atoms. The summed E-state index contributed by atoms with van der Waals surface area (Å²) in [6.07, 6.45) is 1.69. The predicted molar refractivity (Wildman–Crippen MR) is 100 cm³/mol. The van der Waals surface area contributed by atoms with E-state index in [1.165, 1.54) is 12.1 Å². The number of hydrogen-bond donors (Lipinski definition) is 3. The minimum absolute atomic E-state index is 0.297. The molecule has 0 spiro atoms. The molecule has 1 aromatic heterocycles. The zero-order chi connectivity index (χ0) is 18.1. The molecular formula is C18H15ClFN5O. The second-order valence-corrected chi connectivity index (χ2v) is 6.25. The van der Waals surface area contributed by atoms with E-state index >= 15 is 0 Å². The summed E-state index contributed by atoms with van der Waals surface area (Å²) in [6.45, 7) is 2.37. The van der Waals surface area contributed by atoms with Gasteiger partial charge >= 0.3 is 0 Å². The summed E-state index contributed by atoms with van der Waals surface area (Å²) in [5.41, 5.74) is 3.14. The van der Waals surface area contributed by atoms with E-state index in [-0.39, 0.29) is 0 Å². The molecule has 0 amide bonds. The molecule has 0 atom stereocenters. The number of aromatic nitrogens is 2. The Morgan fingerprint density at radius 2 is 2.04 bits per heavy atom. The first-order valence-corrected chi connectivity index (χ1v) is 8.29. The van der Waals surface area contributed by atoms with Gasteiger partial charge in [-0.25, -0.2) is 9.37 Å². The zero-order valence-corrected chi connectivity index (χ0v) is 14.6. The van der Waals surface area contributed by atoms with Crippen molar-refractivity contribution in [2.45, 2.75) is 6.92 Å². The monoisotopic (exact) mass is 371 g/mol. The van der Waals surface area contributed by atoms with Crippen LogP contribution in [0.25, 0.3) is 0 Å². The van der Waals surface area contributed by atoms with Crippen molar-refractivity contribution >= 4 is 40.4 Å². The van der Waals surface area contributed by atoms with Gasteiger partial charge in [0, 0.05) is 28.2 Å². The van der Waals surface area contributed by atoms with Crippen LogP contribution in [0.4, 0.5) is 33.2 Å². The molecule has 3 aromatic rings. The predicted octanol–water partition coefficient (Wildman–Crippen LogP) is 4.83. The van der Waals surface area contributed by atoms with E-state index in [1.807, 2.05) is 25.1 Å². The number of ether oxygens (including phenoxy) is 1. The molecule has 0 saturated carbocycles. The van der Waals surface area contributed by atoms with Gasteiger partial charge in [0.15, 0.2) is 6.73 Å². The van der Waals surface area contributed by atoms with Gasteiger partial charge in [-0.1, -0.05) is 11.6 Å². The quantitative estimate of drug-likeness (QED) is 0.610. The van der Waals surface area contributed by atoms with Crippen molar-refractivity contribution < 1.29 is 9.13 Å². The lowest BCUT2D eigenvalue weighted by molar-refractivity contribution is 0.372. The minimum Gasteiger partial charge on any atom is -0.471 e. The number of benzene rings is 2. The first-order valence-electron chi connectivity index (χ1n) is 7.91. The summed E-state index contributed by atoms with van der Waals surface area (Å²) in [5, 5.41) is 9.66. The van der Waals surface area contributed by atoms with Gasteiger partial charge in [-0.2, -0.15) is 4.98 Å². The number of rotatable bonds is 4. The van der Waals surface area contributed by atoms with Gasteiger partial charge in [-0.3, -0.25) is 0 Å². The Morgan fingerprint density at radius 1 is 1.15 bits per heavy atom. The average Bonchev–Trinajstić information content (AvgIpc) is 3.05. The molecule has 6 nitrogen and oxygen atoms in total. The summed E-state index contributed by atoms with van der Waals surface area (Å²) in [7, 11) is 0. The van der Waals surface area contributed by atoms with Crippen molar-refractivity contribution in [3.63, 3.8) is 0 Å². The number of nitrogens with one attached hydrogen (secondary N) is 3. The van der Waals surface area contributed by atoms with Crippen LogP contribution in [-0.2, 0) is 0 Å². The third-order valence-corrected chi connectivity index (χ3v) is 4.04. The van der Waals surface area contributed by atoms with Crippen LogP contribution in [-0.4, -0.2) is 16.7 Å². The van der Waals surface area contributed by atoms with Crippen molar-refractivity contribution in [2.75, 3.05) is 22.7 Å². The molecule has 26 heavy (non-hydrogen) atoms. The highest BCUT2D eigenvalue weighted by Gasteiger charge is 2.12. The summed E-state index contributed by atoms with van der Waals surface area (Å²) < 4.78 is 18.9. The third-order valence-electron chi connectivity index (χ3n) is 3.82. The fraction of sp³-hybridized carbons (Fsp3) is 0.111. The zero-order valence-electron chi connectivity index (χ0n) is 13.8. The Labute approximate surface area is 154 Å². The highest BCUT2D eigenvalue weighted by atomic mass is 35.5. The smallest absolute Gasteiger partial charge is 0.229 e. The number of fused-ring (bicyclic) bond motifs is 1. The Morgan fingerprint density at radius 3 is 2.88 bits per heavy atom. The average molecular weight is 372 g/mol. The lowest BCUT2D eigenvalue weighted by Crippen LogP contribution is -2.03. The molecule has 2 heterocycles. The molecule has 8 heteroatoms. The SMILES string of the molecule is Cc1cnc(Nc2cc(F)cc(Cl)c2)nc1Nc1ccc2c(c1)NCO2. The molecule has 3 N–H and O–H groups in total. The Kier molecular flexibility index (Phi) is 4.22. The van der Waals surface area contributed by atoms with Crippen LogP contribution in [0, 0.1) is 12.7 Å². The van der Waals surface area contributed by atoms with Crippen molar-refractivity contribution in [1.82, 2.24) is 9.97 Å². The number of aryl methyl sites for hydroxylation is 1. The van der Waals surface area contributed by atoms with Crippen molar-refractivity contribution in [3.05, 3.63) is 59.0 Å². The largest absolute Gasteiger partial charge is 0.471 e. The van der Waals surface area contributed by atoms with Crippen LogP contribution in [0.1, 0.15) is 5.56 Å². The molecule has 132 valence electrons. The first kappa shape index (κ1) is 16.4. The van der Waals surface area contributed by atoms with Crippen LogP contribution in [0.5, 0.6) is 5.75 Å². The van der Waals surface area contributed by atoms with Crippen LogP contribution < -0.4 is 20.7 Å². The Balaban J connectivity index is 1.58. The minimum atomic E-state index is -0.432. The topological polar surface area (TPSA) is 71.1 Å². The van der Waals surface area contributed by atoms with E-state index in [0.717, 1.165) is 22.7 Å². The van der Waals surface area contributed by atoms with E-state index in [9.17, 15) is 4.39 Å². The van der Waals surface area contributed by atoms with Gasteiger partial charge in [-0.15, -0.1) is 0 Å².